The van der Waals surface area contributed by atoms with E-state index in [2.05, 4.69) is 0 Å². The van der Waals surface area contributed by atoms with E-state index in [0.717, 1.165) is 0 Å². The molecule has 0 saturated heterocycles. The van der Waals surface area contributed by atoms with Gasteiger partial charge in [0.2, 0.25) is 5.78 Å². The van der Waals surface area contributed by atoms with Crippen LogP contribution in [-0.2, 0) is 23.9 Å². The van der Waals surface area contributed by atoms with Crippen molar-refractivity contribution in [2.75, 3.05) is 6.61 Å². The highest BCUT2D eigenvalue weighted by atomic mass is 19.1. The standard InChI is InChI=1S/C28H37FO8/c1-14-10-20-19-7-6-17-11-18(30)8-9-25(17,4)27(19,29)21(31)12-26(20,5)28(14,36)22(32)13-37-24(35)16(3)15(2)23(33)34/h8-9,11,14-16,19-21,31,36H,6-7,10,12-13H2,1-5H3,(H,33,34)/t14-,15?,16?,19+,20+,21+,25+,26+,27+,28+/m1/s1. The summed E-state index contributed by atoms with van der Waals surface area (Å²) in [5.74, 6) is -6.67. The zero-order valence-corrected chi connectivity index (χ0v) is 22.0. The van der Waals surface area contributed by atoms with Crippen LogP contribution in [0.5, 0.6) is 0 Å². The second-order valence-electron chi connectivity index (χ2n) is 12.1. The van der Waals surface area contributed by atoms with Crippen molar-refractivity contribution in [3.05, 3.63) is 23.8 Å². The van der Waals surface area contributed by atoms with Crippen LogP contribution in [0, 0.1) is 40.4 Å². The van der Waals surface area contributed by atoms with Gasteiger partial charge in [-0.1, -0.05) is 39.3 Å². The number of fused-ring (bicyclic) bond motifs is 5. The molecule has 9 heteroatoms. The number of hydrogen-bond acceptors (Lipinski definition) is 7. The molecule has 0 aromatic heterocycles. The topological polar surface area (TPSA) is 138 Å². The number of carbonyl (C=O) groups is 4. The minimum absolute atomic E-state index is 0.178. The van der Waals surface area contributed by atoms with Gasteiger partial charge in [-0.3, -0.25) is 19.2 Å². The number of esters is 1. The number of allylic oxidation sites excluding steroid dienone is 4. The van der Waals surface area contributed by atoms with Crippen LogP contribution in [0.25, 0.3) is 0 Å². The van der Waals surface area contributed by atoms with Gasteiger partial charge < -0.3 is 20.1 Å². The van der Waals surface area contributed by atoms with E-state index >= 15 is 4.39 Å². The van der Waals surface area contributed by atoms with Gasteiger partial charge >= 0.3 is 11.9 Å². The molecule has 4 aliphatic rings. The molecule has 37 heavy (non-hydrogen) atoms. The fourth-order valence-corrected chi connectivity index (χ4v) is 7.94. The van der Waals surface area contributed by atoms with E-state index in [-0.39, 0.29) is 12.2 Å². The molecule has 3 saturated carbocycles. The minimum Gasteiger partial charge on any atom is -0.481 e. The number of aliphatic hydroxyl groups excluding tert-OH is 1. The minimum atomic E-state index is -2.08. The molecule has 2 unspecified atom stereocenters. The molecule has 4 aliphatic carbocycles. The number of ketones is 2. The predicted molar refractivity (Wildman–Crippen MR) is 130 cm³/mol. The average molecular weight is 521 g/mol. The van der Waals surface area contributed by atoms with Crippen LogP contribution in [0.2, 0.25) is 0 Å². The molecule has 0 aromatic rings. The molecule has 8 nitrogen and oxygen atoms in total. The van der Waals surface area contributed by atoms with E-state index < -0.39 is 82.1 Å². The van der Waals surface area contributed by atoms with Gasteiger partial charge in [0.1, 0.15) is 5.60 Å². The van der Waals surface area contributed by atoms with Gasteiger partial charge in [-0.15, -0.1) is 0 Å². The highest BCUT2D eigenvalue weighted by Gasteiger charge is 2.75. The molecule has 0 radical (unpaired) electrons. The molecule has 0 spiro atoms. The van der Waals surface area contributed by atoms with Crippen LogP contribution < -0.4 is 0 Å². The lowest BCUT2D eigenvalue weighted by atomic mass is 9.44. The number of ether oxygens (including phenoxy) is 1. The van der Waals surface area contributed by atoms with Crippen molar-refractivity contribution in [2.45, 2.75) is 77.7 Å². The Bertz CT molecular complexity index is 1100. The van der Waals surface area contributed by atoms with Crippen molar-refractivity contribution in [1.82, 2.24) is 0 Å². The van der Waals surface area contributed by atoms with Crippen LogP contribution in [0.3, 0.4) is 0 Å². The van der Waals surface area contributed by atoms with E-state index in [1.807, 2.05) is 0 Å². The van der Waals surface area contributed by atoms with Crippen molar-refractivity contribution in [2.24, 2.45) is 40.4 Å². The first-order valence-corrected chi connectivity index (χ1v) is 13.0. The van der Waals surface area contributed by atoms with E-state index in [9.17, 15) is 29.4 Å². The number of carboxylic acids is 1. The number of aliphatic carboxylic acids is 1. The zero-order chi connectivity index (χ0) is 27.7. The summed E-state index contributed by atoms with van der Waals surface area (Å²) < 4.78 is 22.3. The van der Waals surface area contributed by atoms with Gasteiger partial charge in [-0.05, 0) is 56.6 Å². The maximum absolute atomic E-state index is 17.2. The third-order valence-corrected chi connectivity index (χ3v) is 10.5. The molecule has 0 heterocycles. The summed E-state index contributed by atoms with van der Waals surface area (Å²) in [5, 5.41) is 32.4. The van der Waals surface area contributed by atoms with Gasteiger partial charge in [-0.2, -0.15) is 0 Å². The molecule has 3 fully saturated rings. The molecule has 0 bridgehead atoms. The van der Waals surface area contributed by atoms with Gasteiger partial charge in [0.05, 0.1) is 17.9 Å². The lowest BCUT2D eigenvalue weighted by Gasteiger charge is -2.62. The Labute approximate surface area is 215 Å². The summed E-state index contributed by atoms with van der Waals surface area (Å²) in [6.45, 7) is 7.13. The number of Topliss-reactive ketones (excluding diaryl/α,β-unsaturated/α-hetero) is 1. The van der Waals surface area contributed by atoms with Crippen molar-refractivity contribution in [1.29, 1.82) is 0 Å². The van der Waals surface area contributed by atoms with Crippen LogP contribution in [-0.4, -0.2) is 62.8 Å². The molecule has 4 rings (SSSR count). The Balaban J connectivity index is 1.62. The summed E-state index contributed by atoms with van der Waals surface area (Å²) in [7, 11) is 0. The molecular weight excluding hydrogens is 483 g/mol. The Kier molecular flexibility index (Phi) is 6.60. The quantitative estimate of drug-likeness (QED) is 0.455. The molecule has 204 valence electrons. The zero-order valence-electron chi connectivity index (χ0n) is 22.0. The highest BCUT2D eigenvalue weighted by Crippen LogP contribution is 2.70. The fourth-order valence-electron chi connectivity index (χ4n) is 7.94. The number of aliphatic hydroxyl groups is 2. The van der Waals surface area contributed by atoms with Crippen molar-refractivity contribution >= 4 is 23.5 Å². The second-order valence-corrected chi connectivity index (χ2v) is 12.1. The molecule has 0 aliphatic heterocycles. The maximum Gasteiger partial charge on any atom is 0.309 e. The molecule has 10 atom stereocenters. The van der Waals surface area contributed by atoms with Gasteiger partial charge in [0.15, 0.2) is 18.1 Å². The number of hydrogen-bond donors (Lipinski definition) is 3. The fraction of sp³-hybridized carbons (Fsp3) is 0.714. The van der Waals surface area contributed by atoms with Crippen LogP contribution >= 0.6 is 0 Å². The second kappa shape index (κ2) is 8.83. The summed E-state index contributed by atoms with van der Waals surface area (Å²) in [6, 6.07) is 0. The lowest BCUT2D eigenvalue weighted by molar-refractivity contribution is -0.220. The normalized spacial score (nSPS) is 44.1. The van der Waals surface area contributed by atoms with Crippen LogP contribution in [0.4, 0.5) is 4.39 Å². The SMILES string of the molecule is CC(C(=O)O)C(C)C(=O)OCC(=O)[C@@]1(O)[C@H](C)C[C@H]2[C@@H]3CCC4=CC(=O)C=C[C@]4(C)[C@@]3(F)[C@@H](O)C[C@@]21C. The molecule has 3 N–H and O–H groups in total. The van der Waals surface area contributed by atoms with Crippen LogP contribution in [0.1, 0.15) is 60.3 Å². The molecule has 0 aromatic carbocycles. The Hall–Kier alpha value is -2.39. The highest BCUT2D eigenvalue weighted by molar-refractivity contribution is 6.01. The van der Waals surface area contributed by atoms with Gasteiger partial charge in [-0.25, -0.2) is 4.39 Å². The maximum atomic E-state index is 17.2. The number of carboxylic acid groups (broad SMARTS) is 1. The van der Waals surface area contributed by atoms with E-state index in [0.29, 0.717) is 24.8 Å². The predicted octanol–water partition coefficient (Wildman–Crippen LogP) is 2.80. The first-order valence-electron chi connectivity index (χ1n) is 13.0. The Morgan fingerprint density at radius 1 is 1.19 bits per heavy atom. The number of halogens is 1. The largest absolute Gasteiger partial charge is 0.481 e. The number of rotatable bonds is 6. The summed E-state index contributed by atoms with van der Waals surface area (Å²) in [4.78, 5) is 49.0. The molecule has 0 amide bonds. The monoisotopic (exact) mass is 520 g/mol. The third-order valence-electron chi connectivity index (χ3n) is 10.5. The van der Waals surface area contributed by atoms with Gasteiger partial charge in [0.25, 0.3) is 0 Å². The number of carbonyl (C=O) groups excluding carboxylic acids is 3. The van der Waals surface area contributed by atoms with Crippen molar-refractivity contribution in [3.63, 3.8) is 0 Å². The van der Waals surface area contributed by atoms with Crippen molar-refractivity contribution in [3.8, 4) is 0 Å². The van der Waals surface area contributed by atoms with Crippen molar-refractivity contribution < 1.29 is 43.6 Å². The average Bonchev–Trinajstić information content (AvgIpc) is 3.04. The van der Waals surface area contributed by atoms with Gasteiger partial charge in [0, 0.05) is 16.7 Å². The Morgan fingerprint density at radius 2 is 1.84 bits per heavy atom. The summed E-state index contributed by atoms with van der Waals surface area (Å²) in [5.41, 5.74) is -5.76. The van der Waals surface area contributed by atoms with E-state index in [1.54, 1.807) is 26.8 Å². The van der Waals surface area contributed by atoms with E-state index in [1.165, 1.54) is 26.0 Å². The summed E-state index contributed by atoms with van der Waals surface area (Å²) >= 11 is 0. The lowest BCUT2D eigenvalue weighted by Crippen LogP contribution is -2.69. The summed E-state index contributed by atoms with van der Waals surface area (Å²) in [6.07, 6.45) is 3.85. The molecular formula is C28H37FO8. The Morgan fingerprint density at radius 3 is 2.46 bits per heavy atom. The number of alkyl halides is 1. The first kappa shape index (κ1) is 27.6. The smallest absolute Gasteiger partial charge is 0.309 e. The third kappa shape index (κ3) is 3.60. The van der Waals surface area contributed by atoms with E-state index in [4.69, 9.17) is 9.84 Å². The first-order chi connectivity index (χ1) is 17.1. The van der Waals surface area contributed by atoms with Crippen LogP contribution in [0.15, 0.2) is 23.8 Å².